The number of likely N-dealkylation sites (tertiary alicyclic amines) is 1. The lowest BCUT2D eigenvalue weighted by Gasteiger charge is -2.30. The molecule has 20 heavy (non-hydrogen) atoms. The number of carbonyl (C=O) groups excluding carboxylic acids is 1. The summed E-state index contributed by atoms with van der Waals surface area (Å²) < 4.78 is 0. The van der Waals surface area contributed by atoms with E-state index in [9.17, 15) is 14.9 Å². The van der Waals surface area contributed by atoms with E-state index in [0.29, 0.717) is 11.5 Å². The van der Waals surface area contributed by atoms with Crippen LogP contribution in [0, 0.1) is 16.0 Å². The Morgan fingerprint density at radius 2 is 2.10 bits per heavy atom. The Morgan fingerprint density at radius 3 is 2.65 bits per heavy atom. The van der Waals surface area contributed by atoms with Crippen molar-refractivity contribution >= 4 is 23.2 Å². The summed E-state index contributed by atoms with van der Waals surface area (Å²) in [6.07, 6.45) is 2.25. The molecule has 1 fully saturated rings. The number of amides is 1. The summed E-state index contributed by atoms with van der Waals surface area (Å²) in [5.74, 6) is 0.703. The quantitative estimate of drug-likeness (QED) is 0.636. The zero-order valence-corrected chi connectivity index (χ0v) is 12.1. The standard InChI is InChI=1S/C14H17ClN2O3/c1-10-4-6-16(7-5-10)14(18)8-11-2-3-12(17(19)20)9-13(11)15/h2-3,9-10H,4-8H2,1H3. The normalized spacial score (nSPS) is 16.2. The molecule has 1 aliphatic heterocycles. The van der Waals surface area contributed by atoms with Crippen LogP contribution in [0.5, 0.6) is 0 Å². The first-order chi connectivity index (χ1) is 9.47. The molecule has 0 aromatic heterocycles. The van der Waals surface area contributed by atoms with Gasteiger partial charge in [0.25, 0.3) is 5.69 Å². The molecule has 0 bridgehead atoms. The third-order valence-electron chi connectivity index (χ3n) is 3.73. The summed E-state index contributed by atoms with van der Waals surface area (Å²) in [5.41, 5.74) is 0.582. The summed E-state index contributed by atoms with van der Waals surface area (Å²) in [7, 11) is 0. The highest BCUT2D eigenvalue weighted by molar-refractivity contribution is 6.31. The summed E-state index contributed by atoms with van der Waals surface area (Å²) in [4.78, 5) is 24.2. The molecule has 1 amide bonds. The monoisotopic (exact) mass is 296 g/mol. The molecule has 0 unspecified atom stereocenters. The van der Waals surface area contributed by atoms with Gasteiger partial charge in [0.2, 0.25) is 5.91 Å². The van der Waals surface area contributed by atoms with Gasteiger partial charge < -0.3 is 4.90 Å². The molecular weight excluding hydrogens is 280 g/mol. The van der Waals surface area contributed by atoms with Gasteiger partial charge in [0.15, 0.2) is 0 Å². The van der Waals surface area contributed by atoms with E-state index >= 15 is 0 Å². The van der Waals surface area contributed by atoms with E-state index in [-0.39, 0.29) is 23.0 Å². The van der Waals surface area contributed by atoms with Gasteiger partial charge in [-0.2, -0.15) is 0 Å². The maximum atomic E-state index is 12.2. The minimum Gasteiger partial charge on any atom is -0.342 e. The zero-order chi connectivity index (χ0) is 14.7. The molecule has 5 nitrogen and oxygen atoms in total. The van der Waals surface area contributed by atoms with Gasteiger partial charge in [-0.1, -0.05) is 24.6 Å². The van der Waals surface area contributed by atoms with Crippen molar-refractivity contribution in [1.29, 1.82) is 0 Å². The van der Waals surface area contributed by atoms with E-state index in [0.717, 1.165) is 25.9 Å². The average Bonchev–Trinajstić information content (AvgIpc) is 2.41. The highest BCUT2D eigenvalue weighted by Crippen LogP contribution is 2.24. The first-order valence-corrected chi connectivity index (χ1v) is 7.05. The number of nitrogens with zero attached hydrogens (tertiary/aromatic N) is 2. The van der Waals surface area contributed by atoms with Crippen molar-refractivity contribution in [3.63, 3.8) is 0 Å². The Labute approximate surface area is 122 Å². The van der Waals surface area contributed by atoms with Crippen LogP contribution in [0.2, 0.25) is 5.02 Å². The second-order valence-corrected chi connectivity index (χ2v) is 5.68. The van der Waals surface area contributed by atoms with E-state index in [1.54, 1.807) is 6.07 Å². The third-order valence-corrected chi connectivity index (χ3v) is 4.08. The molecule has 2 rings (SSSR count). The van der Waals surface area contributed by atoms with E-state index in [1.165, 1.54) is 12.1 Å². The number of hydrogen-bond donors (Lipinski definition) is 0. The van der Waals surface area contributed by atoms with Gasteiger partial charge in [-0.25, -0.2) is 0 Å². The van der Waals surface area contributed by atoms with Crippen LogP contribution in [0.1, 0.15) is 25.3 Å². The molecule has 6 heteroatoms. The Balaban J connectivity index is 2.02. The molecule has 0 radical (unpaired) electrons. The number of rotatable bonds is 3. The predicted octanol–water partition coefficient (Wildman–Crippen LogP) is 3.05. The molecule has 0 spiro atoms. The van der Waals surface area contributed by atoms with Gasteiger partial charge in [0, 0.05) is 25.2 Å². The number of nitro groups is 1. The molecule has 108 valence electrons. The van der Waals surface area contributed by atoms with Crippen LogP contribution >= 0.6 is 11.6 Å². The Hall–Kier alpha value is -1.62. The van der Waals surface area contributed by atoms with Gasteiger partial charge in [-0.3, -0.25) is 14.9 Å². The second kappa shape index (κ2) is 6.22. The van der Waals surface area contributed by atoms with Gasteiger partial charge in [-0.15, -0.1) is 0 Å². The summed E-state index contributed by atoms with van der Waals surface area (Å²) in [5, 5.41) is 10.9. The SMILES string of the molecule is CC1CCN(C(=O)Cc2ccc([N+](=O)[O-])cc2Cl)CC1. The lowest BCUT2D eigenvalue weighted by molar-refractivity contribution is -0.384. The molecule has 1 heterocycles. The van der Waals surface area contributed by atoms with Gasteiger partial charge in [0.05, 0.1) is 16.4 Å². The molecule has 1 aromatic carbocycles. The van der Waals surface area contributed by atoms with Gasteiger partial charge in [0.1, 0.15) is 0 Å². The zero-order valence-electron chi connectivity index (χ0n) is 11.3. The Bertz CT molecular complexity index is 525. The minimum absolute atomic E-state index is 0.0349. The van der Waals surface area contributed by atoms with Crippen LogP contribution in [-0.2, 0) is 11.2 Å². The first kappa shape index (κ1) is 14.8. The molecule has 0 N–H and O–H groups in total. The fourth-order valence-corrected chi connectivity index (χ4v) is 2.57. The van der Waals surface area contributed by atoms with Crippen molar-refractivity contribution in [3.05, 3.63) is 38.9 Å². The topological polar surface area (TPSA) is 63.5 Å². The first-order valence-electron chi connectivity index (χ1n) is 6.68. The van der Waals surface area contributed by atoms with Crippen molar-refractivity contribution in [2.45, 2.75) is 26.2 Å². The maximum absolute atomic E-state index is 12.2. The smallest absolute Gasteiger partial charge is 0.270 e. The molecule has 1 aromatic rings. The summed E-state index contributed by atoms with van der Waals surface area (Å²) >= 11 is 6.00. The summed E-state index contributed by atoms with van der Waals surface area (Å²) in [6, 6.07) is 4.24. The highest BCUT2D eigenvalue weighted by Gasteiger charge is 2.21. The van der Waals surface area contributed by atoms with Crippen LogP contribution in [0.4, 0.5) is 5.69 Å². The fraction of sp³-hybridized carbons (Fsp3) is 0.500. The van der Waals surface area contributed by atoms with Gasteiger partial charge >= 0.3 is 0 Å². The van der Waals surface area contributed by atoms with Crippen LogP contribution in [-0.4, -0.2) is 28.8 Å². The predicted molar refractivity (Wildman–Crippen MR) is 76.8 cm³/mol. The molecule has 0 saturated carbocycles. The number of hydrogen-bond acceptors (Lipinski definition) is 3. The molecular formula is C14H17ClN2O3. The summed E-state index contributed by atoms with van der Waals surface area (Å²) in [6.45, 7) is 3.75. The van der Waals surface area contributed by atoms with Crippen molar-refractivity contribution < 1.29 is 9.72 Å². The second-order valence-electron chi connectivity index (χ2n) is 5.27. The molecule has 1 aliphatic rings. The van der Waals surface area contributed by atoms with Crippen molar-refractivity contribution in [3.8, 4) is 0 Å². The fourth-order valence-electron chi connectivity index (χ4n) is 2.33. The Morgan fingerprint density at radius 1 is 1.45 bits per heavy atom. The molecule has 0 aliphatic carbocycles. The minimum atomic E-state index is -0.497. The van der Waals surface area contributed by atoms with Crippen molar-refractivity contribution in [2.24, 2.45) is 5.92 Å². The molecule has 1 saturated heterocycles. The van der Waals surface area contributed by atoms with Crippen molar-refractivity contribution in [2.75, 3.05) is 13.1 Å². The number of halogens is 1. The van der Waals surface area contributed by atoms with Gasteiger partial charge in [-0.05, 0) is 24.3 Å². The third kappa shape index (κ3) is 3.48. The number of non-ortho nitro benzene ring substituents is 1. The lowest BCUT2D eigenvalue weighted by Crippen LogP contribution is -2.38. The van der Waals surface area contributed by atoms with E-state index in [2.05, 4.69) is 6.92 Å². The lowest BCUT2D eigenvalue weighted by atomic mass is 9.98. The van der Waals surface area contributed by atoms with E-state index < -0.39 is 4.92 Å². The van der Waals surface area contributed by atoms with Crippen LogP contribution in [0.25, 0.3) is 0 Å². The number of piperidine rings is 1. The van der Waals surface area contributed by atoms with Crippen LogP contribution in [0.3, 0.4) is 0 Å². The molecule has 0 atom stereocenters. The van der Waals surface area contributed by atoms with Crippen molar-refractivity contribution in [1.82, 2.24) is 4.90 Å². The maximum Gasteiger partial charge on any atom is 0.270 e. The largest absolute Gasteiger partial charge is 0.342 e. The van der Waals surface area contributed by atoms with E-state index in [1.807, 2.05) is 4.90 Å². The van der Waals surface area contributed by atoms with E-state index in [4.69, 9.17) is 11.6 Å². The number of nitro benzene ring substituents is 1. The van der Waals surface area contributed by atoms with Crippen LogP contribution in [0.15, 0.2) is 18.2 Å². The number of carbonyl (C=O) groups is 1. The number of benzene rings is 1. The van der Waals surface area contributed by atoms with Crippen LogP contribution < -0.4 is 0 Å². The Kier molecular flexibility index (Phi) is 4.60. The average molecular weight is 297 g/mol. The highest BCUT2D eigenvalue weighted by atomic mass is 35.5.